The average Bonchev–Trinajstić information content (AvgIpc) is 2.52. The second kappa shape index (κ2) is 7.46. The van der Waals surface area contributed by atoms with Crippen molar-refractivity contribution in [2.75, 3.05) is 5.75 Å². The topological polar surface area (TPSA) is 52.9 Å². The van der Waals surface area contributed by atoms with Gasteiger partial charge in [0.25, 0.3) is 0 Å². The first-order valence-corrected chi connectivity index (χ1v) is 7.30. The minimum atomic E-state index is -0.322. The fourth-order valence-electron chi connectivity index (χ4n) is 1.71. The first-order valence-electron chi connectivity index (χ1n) is 6.32. The van der Waals surface area contributed by atoms with Crippen molar-refractivity contribution in [3.8, 4) is 6.07 Å². The monoisotopic (exact) mass is 300 g/mol. The summed E-state index contributed by atoms with van der Waals surface area (Å²) >= 11 is 1.16. The number of carbonyl (C=O) groups excluding carboxylic acids is 1. The molecule has 0 spiro atoms. The van der Waals surface area contributed by atoms with Crippen LogP contribution in [0.2, 0.25) is 0 Å². The van der Waals surface area contributed by atoms with Gasteiger partial charge in [-0.2, -0.15) is 5.26 Å². The third-order valence-electron chi connectivity index (χ3n) is 2.74. The van der Waals surface area contributed by atoms with E-state index in [9.17, 15) is 9.18 Å². The highest BCUT2D eigenvalue weighted by Gasteiger charge is 2.06. The molecule has 0 heterocycles. The van der Waals surface area contributed by atoms with Crippen LogP contribution in [0.5, 0.6) is 0 Å². The Morgan fingerprint density at radius 1 is 1.24 bits per heavy atom. The van der Waals surface area contributed by atoms with Crippen LogP contribution in [0.4, 0.5) is 4.39 Å². The molecule has 21 heavy (non-hydrogen) atoms. The average molecular weight is 300 g/mol. The molecule has 0 bridgehead atoms. The first kappa shape index (κ1) is 15.1. The smallest absolute Gasteiger partial charge is 0.230 e. The predicted octanol–water partition coefficient (Wildman–Crippen LogP) is 3.11. The van der Waals surface area contributed by atoms with Gasteiger partial charge < -0.3 is 5.32 Å². The van der Waals surface area contributed by atoms with Gasteiger partial charge in [0.05, 0.1) is 17.4 Å². The zero-order valence-corrected chi connectivity index (χ0v) is 12.0. The molecule has 2 rings (SSSR count). The van der Waals surface area contributed by atoms with Crippen LogP contribution in [0.3, 0.4) is 0 Å². The fourth-order valence-corrected chi connectivity index (χ4v) is 2.48. The van der Waals surface area contributed by atoms with Crippen LogP contribution in [-0.4, -0.2) is 11.7 Å². The van der Waals surface area contributed by atoms with Crippen molar-refractivity contribution in [2.24, 2.45) is 0 Å². The van der Waals surface area contributed by atoms with E-state index in [0.717, 1.165) is 17.3 Å². The number of amides is 1. The molecule has 0 aliphatic heterocycles. The number of nitrogens with one attached hydrogen (secondary N) is 1. The third kappa shape index (κ3) is 4.62. The van der Waals surface area contributed by atoms with E-state index in [0.29, 0.717) is 17.0 Å². The lowest BCUT2D eigenvalue weighted by Gasteiger charge is -2.06. The van der Waals surface area contributed by atoms with Gasteiger partial charge in [-0.25, -0.2) is 4.39 Å². The molecule has 0 aliphatic rings. The van der Waals surface area contributed by atoms with Gasteiger partial charge in [-0.05, 0) is 29.8 Å². The number of thioether (sulfide) groups is 1. The van der Waals surface area contributed by atoms with Crippen molar-refractivity contribution < 1.29 is 9.18 Å². The summed E-state index contributed by atoms with van der Waals surface area (Å²) in [6.07, 6.45) is 0. The summed E-state index contributed by atoms with van der Waals surface area (Å²) in [5.74, 6) is -0.346. The largest absolute Gasteiger partial charge is 0.351 e. The normalized spacial score (nSPS) is 9.90. The molecule has 0 radical (unpaired) electrons. The van der Waals surface area contributed by atoms with E-state index >= 15 is 0 Å². The number of nitrogens with zero attached hydrogens (tertiary/aromatic N) is 1. The quantitative estimate of drug-likeness (QED) is 0.863. The summed E-state index contributed by atoms with van der Waals surface area (Å²) < 4.78 is 13.4. The number of halogens is 1. The van der Waals surface area contributed by atoms with Gasteiger partial charge in [-0.15, -0.1) is 11.8 Å². The van der Waals surface area contributed by atoms with E-state index in [4.69, 9.17) is 5.26 Å². The highest BCUT2D eigenvalue weighted by atomic mass is 32.2. The van der Waals surface area contributed by atoms with Crippen molar-refractivity contribution >= 4 is 17.7 Å². The van der Waals surface area contributed by atoms with Crippen LogP contribution in [0.15, 0.2) is 53.4 Å². The molecule has 1 amide bonds. The molecule has 5 heteroatoms. The molecule has 3 nitrogen and oxygen atoms in total. The van der Waals surface area contributed by atoms with E-state index in [2.05, 4.69) is 5.32 Å². The Bertz CT molecular complexity index is 682. The van der Waals surface area contributed by atoms with Crippen LogP contribution < -0.4 is 5.32 Å². The van der Waals surface area contributed by atoms with Crippen molar-refractivity contribution in [1.29, 1.82) is 5.26 Å². The van der Waals surface area contributed by atoms with Crippen LogP contribution >= 0.6 is 11.8 Å². The Labute approximate surface area is 126 Å². The Morgan fingerprint density at radius 2 is 2.05 bits per heavy atom. The number of nitriles is 1. The molecule has 0 atom stereocenters. The van der Waals surface area contributed by atoms with E-state index in [1.165, 1.54) is 6.07 Å². The van der Waals surface area contributed by atoms with Gasteiger partial charge >= 0.3 is 0 Å². The van der Waals surface area contributed by atoms with E-state index in [-0.39, 0.29) is 17.5 Å². The first-order chi connectivity index (χ1) is 10.2. The van der Waals surface area contributed by atoms with Crippen LogP contribution in [-0.2, 0) is 11.3 Å². The summed E-state index contributed by atoms with van der Waals surface area (Å²) in [7, 11) is 0. The van der Waals surface area contributed by atoms with Crippen LogP contribution in [0, 0.1) is 17.1 Å². The van der Waals surface area contributed by atoms with Gasteiger partial charge in [0.15, 0.2) is 0 Å². The Morgan fingerprint density at radius 3 is 2.81 bits per heavy atom. The molecule has 1 N–H and O–H groups in total. The van der Waals surface area contributed by atoms with Crippen molar-refractivity contribution in [2.45, 2.75) is 11.4 Å². The summed E-state index contributed by atoms with van der Waals surface area (Å²) in [5, 5.41) is 11.5. The van der Waals surface area contributed by atoms with Crippen molar-refractivity contribution in [3.05, 3.63) is 65.5 Å². The SMILES string of the molecule is N#Cc1cccc(CNC(=O)CSc2ccccc2F)c1. The van der Waals surface area contributed by atoms with Gasteiger partial charge in [0, 0.05) is 11.4 Å². The Hall–Kier alpha value is -2.32. The molecule has 106 valence electrons. The lowest BCUT2D eigenvalue weighted by atomic mass is 10.1. The molecule has 0 aromatic heterocycles. The lowest BCUT2D eigenvalue weighted by molar-refractivity contribution is -0.118. The number of benzene rings is 2. The number of carbonyl (C=O) groups is 1. The minimum absolute atomic E-state index is 0.152. The maximum Gasteiger partial charge on any atom is 0.230 e. The zero-order valence-electron chi connectivity index (χ0n) is 11.2. The molecule has 0 saturated heterocycles. The number of rotatable bonds is 5. The molecule has 0 unspecified atom stereocenters. The van der Waals surface area contributed by atoms with E-state index in [1.54, 1.807) is 36.4 Å². The number of hydrogen-bond donors (Lipinski definition) is 1. The summed E-state index contributed by atoms with van der Waals surface area (Å²) in [6.45, 7) is 0.353. The van der Waals surface area contributed by atoms with Gasteiger partial charge in [0.2, 0.25) is 5.91 Å². The van der Waals surface area contributed by atoms with Gasteiger partial charge in [-0.3, -0.25) is 4.79 Å². The Kier molecular flexibility index (Phi) is 5.35. The Balaban J connectivity index is 1.82. The lowest BCUT2D eigenvalue weighted by Crippen LogP contribution is -2.24. The van der Waals surface area contributed by atoms with Gasteiger partial charge in [-0.1, -0.05) is 24.3 Å². The van der Waals surface area contributed by atoms with E-state index < -0.39 is 0 Å². The summed E-state index contributed by atoms with van der Waals surface area (Å²) in [4.78, 5) is 12.2. The van der Waals surface area contributed by atoms with Crippen molar-refractivity contribution in [1.82, 2.24) is 5.32 Å². The zero-order chi connectivity index (χ0) is 15.1. The maximum absolute atomic E-state index is 13.4. The van der Waals surface area contributed by atoms with Crippen LogP contribution in [0.25, 0.3) is 0 Å². The van der Waals surface area contributed by atoms with Crippen molar-refractivity contribution in [3.63, 3.8) is 0 Å². The molecule has 0 aliphatic carbocycles. The van der Waals surface area contributed by atoms with Crippen LogP contribution in [0.1, 0.15) is 11.1 Å². The number of hydrogen-bond acceptors (Lipinski definition) is 3. The molecule has 2 aromatic rings. The highest BCUT2D eigenvalue weighted by Crippen LogP contribution is 2.20. The second-order valence-electron chi connectivity index (χ2n) is 4.31. The third-order valence-corrected chi connectivity index (χ3v) is 3.79. The van der Waals surface area contributed by atoms with Gasteiger partial charge in [0.1, 0.15) is 5.82 Å². The standard InChI is InChI=1S/C16H13FN2OS/c17-14-6-1-2-7-15(14)21-11-16(20)19-10-13-5-3-4-12(8-13)9-18/h1-8H,10-11H2,(H,19,20). The molecule has 0 fully saturated rings. The summed E-state index contributed by atoms with van der Waals surface area (Å²) in [5.41, 5.74) is 1.42. The maximum atomic E-state index is 13.4. The predicted molar refractivity (Wildman–Crippen MR) is 80.1 cm³/mol. The summed E-state index contributed by atoms with van der Waals surface area (Å²) in [6, 6.07) is 15.5. The fraction of sp³-hybridized carbons (Fsp3) is 0.125. The minimum Gasteiger partial charge on any atom is -0.351 e. The molecule has 2 aromatic carbocycles. The molecular weight excluding hydrogens is 287 g/mol. The molecular formula is C16H13FN2OS. The van der Waals surface area contributed by atoms with E-state index in [1.807, 2.05) is 12.1 Å². The second-order valence-corrected chi connectivity index (χ2v) is 5.33. The molecule has 0 saturated carbocycles. The highest BCUT2D eigenvalue weighted by molar-refractivity contribution is 8.00.